The summed E-state index contributed by atoms with van der Waals surface area (Å²) in [7, 11) is 0. The molecule has 10 heteroatoms. The van der Waals surface area contributed by atoms with Crippen molar-refractivity contribution in [2.24, 2.45) is 0 Å². The second-order valence-electron chi connectivity index (χ2n) is 9.01. The average molecular weight is 524 g/mol. The van der Waals surface area contributed by atoms with Crippen LogP contribution >= 0.6 is 35.6 Å². The van der Waals surface area contributed by atoms with E-state index in [4.69, 9.17) is 25.8 Å². The van der Waals surface area contributed by atoms with Crippen LogP contribution in [-0.2, 0) is 4.74 Å². The number of alkyl carbamates (subject to hydrolysis) is 1. The van der Waals surface area contributed by atoms with E-state index in [1.165, 1.54) is 0 Å². The first kappa shape index (κ1) is 26.4. The number of thiazole rings is 1. The zero-order valence-corrected chi connectivity index (χ0v) is 22.4. The minimum absolute atomic E-state index is 0.339. The van der Waals surface area contributed by atoms with Crippen LogP contribution < -0.4 is 14.8 Å². The molecule has 0 unspecified atom stereocenters. The Bertz CT molecular complexity index is 1110. The van der Waals surface area contributed by atoms with Crippen LogP contribution in [0, 0.1) is 0 Å². The summed E-state index contributed by atoms with van der Waals surface area (Å²) in [5, 5.41) is 4.29. The molecule has 0 spiro atoms. The van der Waals surface area contributed by atoms with Gasteiger partial charge in [0, 0.05) is 18.5 Å². The van der Waals surface area contributed by atoms with Gasteiger partial charge in [-0.25, -0.2) is 14.8 Å². The van der Waals surface area contributed by atoms with Crippen molar-refractivity contribution in [2.45, 2.75) is 64.4 Å². The summed E-state index contributed by atoms with van der Waals surface area (Å²) >= 11 is 12.6. The van der Waals surface area contributed by atoms with Crippen LogP contribution in [0.3, 0.4) is 0 Å². The third-order valence-electron chi connectivity index (χ3n) is 4.46. The van der Waals surface area contributed by atoms with Crippen molar-refractivity contribution in [1.29, 1.82) is 0 Å². The summed E-state index contributed by atoms with van der Waals surface area (Å²) in [4.78, 5) is 20.6. The Hall–Kier alpha value is -2.23. The van der Waals surface area contributed by atoms with Gasteiger partial charge in [-0.05, 0) is 51.8 Å². The Morgan fingerprint density at radius 3 is 2.65 bits per heavy atom. The fourth-order valence-electron chi connectivity index (χ4n) is 2.89. The number of nitrogens with one attached hydrogen (secondary N) is 1. The number of benzene rings is 1. The average Bonchev–Trinajstić information content (AvgIpc) is 3.19. The highest BCUT2D eigenvalue weighted by atomic mass is 35.5. The third kappa shape index (κ3) is 7.65. The fraction of sp³-hybridized carbons (Fsp3) is 0.458. The number of rotatable bonds is 9. The predicted octanol–water partition coefficient (Wildman–Crippen LogP) is 7.20. The third-order valence-corrected chi connectivity index (χ3v) is 6.70. The number of carbonyl (C=O) groups is 1. The SMILES string of the molecule is CC(C)c1nc2ccc(Oc3ccc(O[C@H](S)CCCNC(=O)OC(C)(C)C)nc3)c(Cl)c2s1. The van der Waals surface area contributed by atoms with Crippen LogP contribution in [0.5, 0.6) is 17.4 Å². The number of fused-ring (bicyclic) bond motifs is 1. The van der Waals surface area contributed by atoms with Gasteiger partial charge in [0.25, 0.3) is 0 Å². The van der Waals surface area contributed by atoms with Crippen LogP contribution in [0.15, 0.2) is 30.5 Å². The summed E-state index contributed by atoms with van der Waals surface area (Å²) in [5.41, 5.74) is -0.00995. The Kier molecular flexibility index (Phi) is 8.89. The number of nitrogens with zero attached hydrogens (tertiary/aromatic N) is 2. The van der Waals surface area contributed by atoms with Crippen molar-refractivity contribution in [2.75, 3.05) is 6.54 Å². The van der Waals surface area contributed by atoms with Gasteiger partial charge in [0.2, 0.25) is 5.88 Å². The number of ether oxygens (including phenoxy) is 3. The minimum Gasteiger partial charge on any atom is -0.464 e. The van der Waals surface area contributed by atoms with E-state index >= 15 is 0 Å². The maximum atomic E-state index is 11.7. The van der Waals surface area contributed by atoms with Crippen LogP contribution in [0.25, 0.3) is 10.2 Å². The molecule has 0 aliphatic heterocycles. The van der Waals surface area contributed by atoms with Gasteiger partial charge in [-0.2, -0.15) is 0 Å². The Morgan fingerprint density at radius 2 is 2.00 bits per heavy atom. The number of thiol groups is 1. The zero-order valence-electron chi connectivity index (χ0n) is 19.9. The summed E-state index contributed by atoms with van der Waals surface area (Å²) in [6.45, 7) is 10.2. The molecule has 1 atom stereocenters. The molecule has 0 saturated heterocycles. The number of carbonyl (C=O) groups excluding carboxylic acids is 1. The van der Waals surface area contributed by atoms with Gasteiger partial charge in [-0.3, -0.25) is 0 Å². The highest BCUT2D eigenvalue weighted by Gasteiger charge is 2.16. The second kappa shape index (κ2) is 11.5. The molecule has 184 valence electrons. The predicted molar refractivity (Wildman–Crippen MR) is 140 cm³/mol. The van der Waals surface area contributed by atoms with E-state index in [1.807, 2.05) is 32.9 Å². The van der Waals surface area contributed by atoms with E-state index in [-0.39, 0.29) is 5.44 Å². The molecule has 3 rings (SSSR count). The monoisotopic (exact) mass is 523 g/mol. The molecule has 0 aliphatic carbocycles. The molecule has 0 radical (unpaired) electrons. The number of pyridine rings is 1. The number of halogens is 1. The van der Waals surface area contributed by atoms with Gasteiger partial charge < -0.3 is 19.5 Å². The smallest absolute Gasteiger partial charge is 0.407 e. The number of hydrogen-bond acceptors (Lipinski definition) is 8. The Balaban J connectivity index is 1.49. The van der Waals surface area contributed by atoms with Gasteiger partial charge in [0.1, 0.15) is 27.6 Å². The standard InChI is InChI=1S/C24H30ClN3O4S2/c1-14(2)22-28-16-9-10-17(20(25)21(16)34-22)30-15-8-11-18(27-13-15)31-19(33)7-6-12-26-23(29)32-24(3,4)5/h8-11,13-14,19,33H,6-7,12H2,1-5H3,(H,26,29)/t19-/m1/s1. The molecule has 0 fully saturated rings. The highest BCUT2D eigenvalue weighted by molar-refractivity contribution is 7.80. The summed E-state index contributed by atoms with van der Waals surface area (Å²) in [6.07, 6.45) is 2.45. The first-order valence-electron chi connectivity index (χ1n) is 11.1. The number of aromatic nitrogens is 2. The Morgan fingerprint density at radius 1 is 1.24 bits per heavy atom. The topological polar surface area (TPSA) is 82.6 Å². The molecule has 2 heterocycles. The molecule has 7 nitrogen and oxygen atoms in total. The van der Waals surface area contributed by atoms with Crippen LogP contribution in [0.4, 0.5) is 4.79 Å². The van der Waals surface area contributed by atoms with Crippen LogP contribution in [0.1, 0.15) is 58.4 Å². The van der Waals surface area contributed by atoms with E-state index in [0.29, 0.717) is 47.7 Å². The van der Waals surface area contributed by atoms with Gasteiger partial charge >= 0.3 is 6.09 Å². The largest absolute Gasteiger partial charge is 0.464 e. The first-order valence-corrected chi connectivity index (χ1v) is 12.8. The summed E-state index contributed by atoms with van der Waals surface area (Å²) in [5.74, 6) is 1.86. The molecule has 0 bridgehead atoms. The van der Waals surface area contributed by atoms with E-state index < -0.39 is 11.7 Å². The molecule has 0 aliphatic rings. The summed E-state index contributed by atoms with van der Waals surface area (Å²) < 4.78 is 17.8. The van der Waals surface area contributed by atoms with Gasteiger partial charge in [0.05, 0.1) is 21.4 Å². The first-order chi connectivity index (χ1) is 16.0. The number of hydrogen-bond donors (Lipinski definition) is 2. The normalized spacial score (nSPS) is 12.6. The van der Waals surface area contributed by atoms with Crippen LogP contribution in [-0.4, -0.2) is 33.6 Å². The molecule has 1 N–H and O–H groups in total. The van der Waals surface area contributed by atoms with Gasteiger partial charge in [-0.1, -0.05) is 25.4 Å². The lowest BCUT2D eigenvalue weighted by Gasteiger charge is -2.20. The van der Waals surface area contributed by atoms with Gasteiger partial charge in [0.15, 0.2) is 0 Å². The van der Waals surface area contributed by atoms with Crippen molar-refractivity contribution in [1.82, 2.24) is 15.3 Å². The van der Waals surface area contributed by atoms with E-state index in [9.17, 15) is 4.79 Å². The van der Waals surface area contributed by atoms with Crippen LogP contribution in [0.2, 0.25) is 5.02 Å². The fourth-order valence-corrected chi connectivity index (χ4v) is 4.49. The lowest BCUT2D eigenvalue weighted by atomic mass is 10.2. The lowest BCUT2D eigenvalue weighted by molar-refractivity contribution is 0.0526. The molecule has 2 aromatic heterocycles. The molecular weight excluding hydrogens is 494 g/mol. The maximum absolute atomic E-state index is 11.7. The number of amides is 1. The maximum Gasteiger partial charge on any atom is 0.407 e. The quantitative estimate of drug-likeness (QED) is 0.175. The van der Waals surface area contributed by atoms with Crippen molar-refractivity contribution >= 4 is 51.9 Å². The van der Waals surface area contributed by atoms with Crippen molar-refractivity contribution in [3.63, 3.8) is 0 Å². The molecule has 3 aromatic rings. The summed E-state index contributed by atoms with van der Waals surface area (Å²) in [6, 6.07) is 7.20. The van der Waals surface area contributed by atoms with Crippen molar-refractivity contribution < 1.29 is 19.0 Å². The molecule has 34 heavy (non-hydrogen) atoms. The van der Waals surface area contributed by atoms with Crippen molar-refractivity contribution in [3.8, 4) is 17.4 Å². The molecule has 1 amide bonds. The zero-order chi connectivity index (χ0) is 24.9. The van der Waals surface area contributed by atoms with E-state index in [1.54, 1.807) is 29.7 Å². The molecular formula is C24H30ClN3O4S2. The Labute approximate surface area is 214 Å². The minimum atomic E-state index is -0.517. The highest BCUT2D eigenvalue weighted by Crippen LogP contribution is 2.39. The molecule has 1 aromatic carbocycles. The molecule has 0 saturated carbocycles. The second-order valence-corrected chi connectivity index (χ2v) is 11.0. The van der Waals surface area contributed by atoms with E-state index in [0.717, 1.165) is 15.2 Å². The van der Waals surface area contributed by atoms with E-state index in [2.05, 4.69) is 41.8 Å². The lowest BCUT2D eigenvalue weighted by Crippen LogP contribution is -2.33. The van der Waals surface area contributed by atoms with Crippen molar-refractivity contribution in [3.05, 3.63) is 40.5 Å². The van der Waals surface area contributed by atoms with Gasteiger partial charge in [-0.15, -0.1) is 24.0 Å².